The molecule has 1 fully saturated rings. The van der Waals surface area contributed by atoms with Gasteiger partial charge in [-0.05, 0) is 36.8 Å². The average molecular weight is 297 g/mol. The van der Waals surface area contributed by atoms with Gasteiger partial charge < -0.3 is 4.98 Å². The fourth-order valence-corrected chi connectivity index (χ4v) is 3.28. The number of benzene rings is 1. The van der Waals surface area contributed by atoms with Crippen LogP contribution in [0, 0.1) is 16.0 Å². The van der Waals surface area contributed by atoms with Crippen LogP contribution < -0.4 is 0 Å². The van der Waals surface area contributed by atoms with Crippen molar-refractivity contribution in [1.82, 2.24) is 9.88 Å². The molecular weight excluding hydrogens is 278 g/mol. The predicted molar refractivity (Wildman–Crippen MR) is 86.7 cm³/mol. The largest absolute Gasteiger partial charge is 0.361 e. The lowest BCUT2D eigenvalue weighted by Crippen LogP contribution is -2.30. The number of nitrogens with zero attached hydrogens (tertiary/aromatic N) is 2. The Morgan fingerprint density at radius 3 is 2.91 bits per heavy atom. The van der Waals surface area contributed by atoms with E-state index in [4.69, 9.17) is 0 Å². The number of rotatable bonds is 4. The lowest BCUT2D eigenvalue weighted by atomic mass is 9.98. The molecule has 1 aromatic carbocycles. The van der Waals surface area contributed by atoms with Crippen LogP contribution in [-0.4, -0.2) is 34.4 Å². The Balaban J connectivity index is 1.61. The van der Waals surface area contributed by atoms with Gasteiger partial charge in [-0.3, -0.25) is 15.0 Å². The number of aromatic nitrogens is 1. The van der Waals surface area contributed by atoms with Crippen molar-refractivity contribution in [2.24, 2.45) is 5.92 Å². The number of fused-ring (bicyclic) bond motifs is 1. The lowest BCUT2D eigenvalue weighted by Gasteiger charge is -2.26. The number of non-ortho nitro benzene ring substituents is 1. The van der Waals surface area contributed by atoms with Gasteiger partial charge in [0.15, 0.2) is 0 Å². The van der Waals surface area contributed by atoms with E-state index in [1.807, 2.05) is 6.20 Å². The monoisotopic (exact) mass is 297 g/mol. The number of nitro benzene ring substituents is 1. The molecule has 0 radical (unpaired) electrons. The molecule has 1 aromatic heterocycles. The molecule has 2 aliphatic rings. The Morgan fingerprint density at radius 2 is 2.23 bits per heavy atom. The van der Waals surface area contributed by atoms with Crippen molar-refractivity contribution in [1.29, 1.82) is 0 Å². The molecule has 0 unspecified atom stereocenters. The molecule has 1 N–H and O–H groups in total. The molecule has 22 heavy (non-hydrogen) atoms. The first kappa shape index (κ1) is 13.5. The summed E-state index contributed by atoms with van der Waals surface area (Å²) in [6.07, 6.45) is 8.06. The first-order valence-corrected chi connectivity index (χ1v) is 7.88. The van der Waals surface area contributed by atoms with Crippen LogP contribution in [-0.2, 0) is 0 Å². The highest BCUT2D eigenvalue weighted by Crippen LogP contribution is 2.33. The standard InChI is InChI=1S/C17H19N3O2/c21-20(22)14-3-4-17-15(9-14)16(10-18-17)13-5-7-19(8-6-13)11-12-1-2-12/h3-5,9-10,12,18H,1-2,6-8,11H2. The quantitative estimate of drug-likeness (QED) is 0.693. The summed E-state index contributed by atoms with van der Waals surface area (Å²) in [6, 6.07) is 5.02. The van der Waals surface area contributed by atoms with Crippen molar-refractivity contribution < 1.29 is 4.92 Å². The molecular formula is C17H19N3O2. The Kier molecular flexibility index (Phi) is 3.22. The molecule has 114 valence electrons. The SMILES string of the molecule is O=[N+]([O-])c1ccc2[nH]cc(C3=CCN(CC4CC4)CC3)c2c1. The maximum absolute atomic E-state index is 11.0. The smallest absolute Gasteiger partial charge is 0.270 e. The molecule has 5 heteroatoms. The molecule has 0 spiro atoms. The van der Waals surface area contributed by atoms with Gasteiger partial charge in [0.2, 0.25) is 0 Å². The second-order valence-electron chi connectivity index (χ2n) is 6.37. The molecule has 2 heterocycles. The zero-order chi connectivity index (χ0) is 15.1. The summed E-state index contributed by atoms with van der Waals surface area (Å²) in [5.74, 6) is 0.922. The van der Waals surface area contributed by atoms with Crippen LogP contribution in [0.5, 0.6) is 0 Å². The van der Waals surface area contributed by atoms with Gasteiger partial charge in [0.1, 0.15) is 0 Å². The Labute approximate surface area is 128 Å². The normalized spacial score (nSPS) is 19.4. The number of aromatic amines is 1. The lowest BCUT2D eigenvalue weighted by molar-refractivity contribution is -0.384. The van der Waals surface area contributed by atoms with E-state index in [0.717, 1.165) is 41.9 Å². The molecule has 0 bridgehead atoms. The van der Waals surface area contributed by atoms with E-state index in [1.165, 1.54) is 25.0 Å². The van der Waals surface area contributed by atoms with Crippen molar-refractivity contribution in [3.05, 3.63) is 46.1 Å². The summed E-state index contributed by atoms with van der Waals surface area (Å²) >= 11 is 0. The van der Waals surface area contributed by atoms with Crippen LogP contribution in [0.2, 0.25) is 0 Å². The second kappa shape index (κ2) is 5.25. The minimum atomic E-state index is -0.331. The van der Waals surface area contributed by atoms with Gasteiger partial charge in [0, 0.05) is 54.4 Å². The summed E-state index contributed by atoms with van der Waals surface area (Å²) < 4.78 is 0. The van der Waals surface area contributed by atoms with E-state index >= 15 is 0 Å². The Hall–Kier alpha value is -2.14. The van der Waals surface area contributed by atoms with Crippen LogP contribution in [0.4, 0.5) is 5.69 Å². The molecule has 0 saturated heterocycles. The molecule has 0 amide bonds. The third kappa shape index (κ3) is 2.52. The zero-order valence-corrected chi connectivity index (χ0v) is 12.4. The average Bonchev–Trinajstić information content (AvgIpc) is 3.24. The fraction of sp³-hybridized carbons (Fsp3) is 0.412. The summed E-state index contributed by atoms with van der Waals surface area (Å²) in [7, 11) is 0. The molecule has 1 aliphatic carbocycles. The van der Waals surface area contributed by atoms with Crippen LogP contribution in [0.1, 0.15) is 24.8 Å². The van der Waals surface area contributed by atoms with Crippen molar-refractivity contribution in [3.63, 3.8) is 0 Å². The number of nitro groups is 1. The van der Waals surface area contributed by atoms with Crippen LogP contribution >= 0.6 is 0 Å². The fourth-order valence-electron chi connectivity index (χ4n) is 3.28. The molecule has 5 nitrogen and oxygen atoms in total. The van der Waals surface area contributed by atoms with Crippen molar-refractivity contribution in [3.8, 4) is 0 Å². The highest BCUT2D eigenvalue weighted by molar-refractivity contribution is 5.94. The Bertz CT molecular complexity index is 758. The molecule has 0 atom stereocenters. The Morgan fingerprint density at radius 1 is 1.36 bits per heavy atom. The summed E-state index contributed by atoms with van der Waals surface area (Å²) in [5.41, 5.74) is 3.53. The van der Waals surface area contributed by atoms with Gasteiger partial charge in [0.25, 0.3) is 5.69 Å². The van der Waals surface area contributed by atoms with E-state index in [9.17, 15) is 10.1 Å². The topological polar surface area (TPSA) is 62.2 Å². The molecule has 4 rings (SSSR count). The van der Waals surface area contributed by atoms with Gasteiger partial charge in [-0.2, -0.15) is 0 Å². The van der Waals surface area contributed by atoms with Crippen LogP contribution in [0.25, 0.3) is 16.5 Å². The van der Waals surface area contributed by atoms with E-state index in [0.29, 0.717) is 0 Å². The summed E-state index contributed by atoms with van der Waals surface area (Å²) in [5, 5.41) is 11.9. The van der Waals surface area contributed by atoms with Crippen molar-refractivity contribution >= 4 is 22.2 Å². The van der Waals surface area contributed by atoms with Gasteiger partial charge in [-0.1, -0.05) is 6.08 Å². The van der Waals surface area contributed by atoms with Crippen LogP contribution in [0.15, 0.2) is 30.5 Å². The van der Waals surface area contributed by atoms with E-state index in [-0.39, 0.29) is 10.6 Å². The van der Waals surface area contributed by atoms with Crippen molar-refractivity contribution in [2.75, 3.05) is 19.6 Å². The van der Waals surface area contributed by atoms with Crippen LogP contribution in [0.3, 0.4) is 0 Å². The highest BCUT2D eigenvalue weighted by atomic mass is 16.6. The zero-order valence-electron chi connectivity index (χ0n) is 12.4. The third-order valence-electron chi connectivity index (χ3n) is 4.73. The molecule has 2 aromatic rings. The predicted octanol–water partition coefficient (Wildman–Crippen LogP) is 3.58. The number of H-pyrrole nitrogens is 1. The van der Waals surface area contributed by atoms with E-state index in [1.54, 1.807) is 18.2 Å². The summed E-state index contributed by atoms with van der Waals surface area (Å²) in [4.78, 5) is 16.4. The number of nitrogens with one attached hydrogen (secondary N) is 1. The van der Waals surface area contributed by atoms with Gasteiger partial charge >= 0.3 is 0 Å². The third-order valence-corrected chi connectivity index (χ3v) is 4.73. The number of hydrogen-bond donors (Lipinski definition) is 1. The second-order valence-corrected chi connectivity index (χ2v) is 6.37. The van der Waals surface area contributed by atoms with Gasteiger partial charge in [-0.25, -0.2) is 0 Å². The van der Waals surface area contributed by atoms with Gasteiger partial charge in [-0.15, -0.1) is 0 Å². The highest BCUT2D eigenvalue weighted by Gasteiger charge is 2.25. The molecule has 1 saturated carbocycles. The van der Waals surface area contributed by atoms with E-state index in [2.05, 4.69) is 16.0 Å². The minimum absolute atomic E-state index is 0.153. The first-order valence-electron chi connectivity index (χ1n) is 7.88. The van der Waals surface area contributed by atoms with E-state index < -0.39 is 0 Å². The molecule has 1 aliphatic heterocycles. The number of hydrogen-bond acceptors (Lipinski definition) is 3. The van der Waals surface area contributed by atoms with Crippen molar-refractivity contribution in [2.45, 2.75) is 19.3 Å². The van der Waals surface area contributed by atoms with Gasteiger partial charge in [0.05, 0.1) is 4.92 Å². The maximum Gasteiger partial charge on any atom is 0.270 e. The summed E-state index contributed by atoms with van der Waals surface area (Å²) in [6.45, 7) is 3.31. The minimum Gasteiger partial charge on any atom is -0.361 e. The maximum atomic E-state index is 11.0. The first-order chi connectivity index (χ1) is 10.7.